The van der Waals surface area contributed by atoms with Gasteiger partial charge in [0, 0.05) is 49.6 Å². The van der Waals surface area contributed by atoms with Crippen molar-refractivity contribution < 1.29 is 14.3 Å². The average molecular weight is 519 g/mol. The van der Waals surface area contributed by atoms with E-state index in [2.05, 4.69) is 77.6 Å². The highest BCUT2D eigenvalue weighted by atomic mass is 16.5. The number of nitrogens with one attached hydrogen (secondary N) is 1. The molecule has 39 heavy (non-hydrogen) atoms. The van der Waals surface area contributed by atoms with E-state index in [1.165, 1.54) is 11.1 Å². The van der Waals surface area contributed by atoms with Crippen molar-refractivity contribution in [3.63, 3.8) is 0 Å². The van der Waals surface area contributed by atoms with Gasteiger partial charge in [0.1, 0.15) is 11.5 Å². The van der Waals surface area contributed by atoms with E-state index >= 15 is 0 Å². The molecule has 0 saturated carbocycles. The molecule has 0 aliphatic heterocycles. The van der Waals surface area contributed by atoms with E-state index in [0.717, 1.165) is 40.1 Å². The number of para-hydroxylation sites is 2. The van der Waals surface area contributed by atoms with E-state index < -0.39 is 0 Å². The monoisotopic (exact) mass is 518 g/mol. The lowest BCUT2D eigenvalue weighted by Gasteiger charge is -2.18. The van der Waals surface area contributed by atoms with Gasteiger partial charge in [0.2, 0.25) is 5.91 Å². The lowest BCUT2D eigenvalue weighted by atomic mass is 9.88. The average Bonchev–Trinajstić information content (AvgIpc) is 3.32. The molecule has 0 aliphatic carbocycles. The molecule has 4 aromatic carbocycles. The summed E-state index contributed by atoms with van der Waals surface area (Å²) in [5, 5.41) is 4.15. The molecule has 5 nitrogen and oxygen atoms in total. The largest absolute Gasteiger partial charge is 0.457 e. The van der Waals surface area contributed by atoms with Gasteiger partial charge < -0.3 is 19.4 Å². The summed E-state index contributed by atoms with van der Waals surface area (Å²) in [6, 6.07) is 34.9. The second kappa shape index (κ2) is 12.5. The van der Waals surface area contributed by atoms with Crippen LogP contribution < -0.4 is 10.1 Å². The highest BCUT2D eigenvalue weighted by Crippen LogP contribution is 2.37. The van der Waals surface area contributed by atoms with E-state index in [-0.39, 0.29) is 11.8 Å². The normalized spacial score (nSPS) is 11.8. The zero-order valence-corrected chi connectivity index (χ0v) is 22.5. The number of carbonyl (C=O) groups excluding carboxylic acids is 1. The fraction of sp³-hybridized carbons (Fsp3) is 0.206. The van der Waals surface area contributed by atoms with Gasteiger partial charge in [0.25, 0.3) is 0 Å². The molecule has 0 aliphatic rings. The molecule has 198 valence electrons. The van der Waals surface area contributed by atoms with Gasteiger partial charge in [-0.15, -0.1) is 0 Å². The first kappa shape index (κ1) is 26.3. The van der Waals surface area contributed by atoms with Crippen LogP contribution in [0.3, 0.4) is 0 Å². The van der Waals surface area contributed by atoms with Gasteiger partial charge in [0.05, 0.1) is 6.61 Å². The van der Waals surface area contributed by atoms with Crippen LogP contribution in [0.1, 0.15) is 34.6 Å². The Bertz CT molecular complexity index is 1520. The maximum absolute atomic E-state index is 13.1. The molecular formula is C34H34N2O3. The summed E-state index contributed by atoms with van der Waals surface area (Å²) in [6.45, 7) is 3.82. The lowest BCUT2D eigenvalue weighted by Crippen LogP contribution is -2.28. The number of rotatable bonds is 11. The van der Waals surface area contributed by atoms with E-state index in [4.69, 9.17) is 9.47 Å². The van der Waals surface area contributed by atoms with E-state index in [1.807, 2.05) is 48.5 Å². The molecule has 1 heterocycles. The minimum atomic E-state index is -0.156. The SMILES string of the molecule is COCCNC(=O)C[C@@H](c1cccc(Oc2ccccc2)c1)c1cn(Cc2ccc(C)cc2)c2ccccc12. The van der Waals surface area contributed by atoms with E-state index in [0.29, 0.717) is 19.6 Å². The Hall–Kier alpha value is -4.35. The van der Waals surface area contributed by atoms with Crippen molar-refractivity contribution in [1.82, 2.24) is 9.88 Å². The molecule has 5 aromatic rings. The molecule has 5 rings (SSSR count). The van der Waals surface area contributed by atoms with Crippen molar-refractivity contribution in [3.05, 3.63) is 132 Å². The van der Waals surface area contributed by atoms with Crippen LogP contribution in [-0.2, 0) is 16.1 Å². The summed E-state index contributed by atoms with van der Waals surface area (Å²) in [5.74, 6) is 1.35. The predicted octanol–water partition coefficient (Wildman–Crippen LogP) is 7.07. The van der Waals surface area contributed by atoms with Crippen LogP contribution in [0.15, 0.2) is 109 Å². The van der Waals surface area contributed by atoms with E-state index in [1.54, 1.807) is 7.11 Å². The first-order valence-corrected chi connectivity index (χ1v) is 13.3. The second-order valence-corrected chi connectivity index (χ2v) is 9.80. The fourth-order valence-electron chi connectivity index (χ4n) is 4.95. The minimum Gasteiger partial charge on any atom is -0.457 e. The van der Waals surface area contributed by atoms with Crippen molar-refractivity contribution in [2.75, 3.05) is 20.3 Å². The Morgan fingerprint density at radius 1 is 0.872 bits per heavy atom. The van der Waals surface area contributed by atoms with E-state index in [9.17, 15) is 4.79 Å². The summed E-state index contributed by atoms with van der Waals surface area (Å²) in [6.07, 6.45) is 2.53. The molecule has 1 amide bonds. The zero-order chi connectivity index (χ0) is 27.0. The quantitative estimate of drug-likeness (QED) is 0.190. The topological polar surface area (TPSA) is 52.5 Å². The van der Waals surface area contributed by atoms with Gasteiger partial charge in [0.15, 0.2) is 0 Å². The number of fused-ring (bicyclic) bond motifs is 1. The Kier molecular flexibility index (Phi) is 8.39. The molecule has 0 unspecified atom stereocenters. The third kappa shape index (κ3) is 6.57. The fourth-order valence-corrected chi connectivity index (χ4v) is 4.95. The summed E-state index contributed by atoms with van der Waals surface area (Å²) < 4.78 is 13.6. The molecule has 1 atom stereocenters. The number of amides is 1. The van der Waals surface area contributed by atoms with Crippen LogP contribution in [-0.4, -0.2) is 30.7 Å². The molecule has 0 bridgehead atoms. The molecule has 1 aromatic heterocycles. The smallest absolute Gasteiger partial charge is 0.221 e. The van der Waals surface area contributed by atoms with Crippen LogP contribution in [0.25, 0.3) is 10.9 Å². The van der Waals surface area contributed by atoms with Gasteiger partial charge in [-0.25, -0.2) is 0 Å². The van der Waals surface area contributed by atoms with Crippen LogP contribution in [0.5, 0.6) is 11.5 Å². The highest BCUT2D eigenvalue weighted by Gasteiger charge is 2.23. The summed E-state index contributed by atoms with van der Waals surface area (Å²) in [7, 11) is 1.64. The number of aromatic nitrogens is 1. The molecule has 0 spiro atoms. The van der Waals surface area contributed by atoms with Crippen molar-refractivity contribution in [1.29, 1.82) is 0 Å². The zero-order valence-electron chi connectivity index (χ0n) is 22.5. The standard InChI is InChI=1S/C34H34N2O3/c1-25-15-17-26(18-16-25)23-36-24-32(30-13-6-7-14-33(30)36)31(22-34(37)35-19-20-38-2)27-9-8-12-29(21-27)39-28-10-4-3-5-11-28/h3-18,21,24,31H,19-20,22-23H2,1-2H3,(H,35,37)/t31-/m0/s1. The van der Waals surface area contributed by atoms with Crippen molar-refractivity contribution in [2.24, 2.45) is 0 Å². The highest BCUT2D eigenvalue weighted by molar-refractivity contribution is 5.87. The van der Waals surface area contributed by atoms with Gasteiger partial charge in [-0.2, -0.15) is 0 Å². The first-order chi connectivity index (χ1) is 19.1. The molecule has 5 heteroatoms. The first-order valence-electron chi connectivity index (χ1n) is 13.3. The number of nitrogens with zero attached hydrogens (tertiary/aromatic N) is 1. The Balaban J connectivity index is 1.53. The number of aryl methyl sites for hydroxylation is 1. The van der Waals surface area contributed by atoms with Gasteiger partial charge in [-0.3, -0.25) is 4.79 Å². The third-order valence-electron chi connectivity index (χ3n) is 6.93. The van der Waals surface area contributed by atoms with Crippen LogP contribution >= 0.6 is 0 Å². The third-order valence-corrected chi connectivity index (χ3v) is 6.93. The van der Waals surface area contributed by atoms with Gasteiger partial charge in [-0.05, 0) is 53.9 Å². The molecule has 0 radical (unpaired) electrons. The number of hydrogen-bond acceptors (Lipinski definition) is 3. The number of carbonyl (C=O) groups is 1. The van der Waals surface area contributed by atoms with Crippen LogP contribution in [0, 0.1) is 6.92 Å². The maximum Gasteiger partial charge on any atom is 0.221 e. The molecule has 1 N–H and O–H groups in total. The number of methoxy groups -OCH3 is 1. The Morgan fingerprint density at radius 3 is 2.41 bits per heavy atom. The van der Waals surface area contributed by atoms with Crippen LogP contribution in [0.2, 0.25) is 0 Å². The molecular weight excluding hydrogens is 484 g/mol. The van der Waals surface area contributed by atoms with Gasteiger partial charge in [-0.1, -0.05) is 78.4 Å². The maximum atomic E-state index is 13.1. The van der Waals surface area contributed by atoms with Crippen molar-refractivity contribution in [3.8, 4) is 11.5 Å². The number of ether oxygens (including phenoxy) is 2. The van der Waals surface area contributed by atoms with Gasteiger partial charge >= 0.3 is 0 Å². The van der Waals surface area contributed by atoms with Crippen molar-refractivity contribution in [2.45, 2.75) is 25.8 Å². The Morgan fingerprint density at radius 2 is 1.62 bits per heavy atom. The van der Waals surface area contributed by atoms with Crippen LogP contribution in [0.4, 0.5) is 0 Å². The van der Waals surface area contributed by atoms with Crippen molar-refractivity contribution >= 4 is 16.8 Å². The summed E-state index contributed by atoms with van der Waals surface area (Å²) in [4.78, 5) is 13.1. The second-order valence-electron chi connectivity index (χ2n) is 9.80. The summed E-state index contributed by atoms with van der Waals surface area (Å²) >= 11 is 0. The summed E-state index contributed by atoms with van der Waals surface area (Å²) in [5.41, 5.74) is 5.78. The Labute approximate surface area is 230 Å². The lowest BCUT2D eigenvalue weighted by molar-refractivity contribution is -0.121. The number of benzene rings is 4. The molecule has 0 saturated heterocycles. The molecule has 0 fully saturated rings. The number of hydrogen-bond donors (Lipinski definition) is 1. The predicted molar refractivity (Wildman–Crippen MR) is 157 cm³/mol. The minimum absolute atomic E-state index is 0.0122.